The van der Waals surface area contributed by atoms with Crippen LogP contribution in [0.15, 0.2) is 58.4 Å². The molecule has 0 aliphatic carbocycles. The fraction of sp³-hybridized carbons (Fsp3) is 0. The maximum atomic E-state index is 4.20. The number of nitrogens with zero attached hydrogens (tertiary/aromatic N) is 2. The van der Waals surface area contributed by atoms with Gasteiger partial charge < -0.3 is 0 Å². The van der Waals surface area contributed by atoms with E-state index in [0.29, 0.717) is 0 Å². The van der Waals surface area contributed by atoms with Crippen molar-refractivity contribution in [1.29, 1.82) is 0 Å². The summed E-state index contributed by atoms with van der Waals surface area (Å²) in [4.78, 5) is 8.33. The highest BCUT2D eigenvalue weighted by molar-refractivity contribution is 7.82. The first-order valence-corrected chi connectivity index (χ1v) is 7.80. The van der Waals surface area contributed by atoms with E-state index in [1.807, 2.05) is 48.0 Å². The fourth-order valence-electron chi connectivity index (χ4n) is 1.66. The maximum absolute atomic E-state index is 4.20. The summed E-state index contributed by atoms with van der Waals surface area (Å²) in [6.07, 6.45) is 0. The molecular weight excluding hydrogens is 357 g/mol. The predicted octanol–water partition coefficient (Wildman–Crippen LogP) is 5.11. The van der Waals surface area contributed by atoms with E-state index in [-0.39, 0.29) is 27.0 Å². The van der Waals surface area contributed by atoms with Gasteiger partial charge in [0.1, 0.15) is 4.34 Å². The first-order valence-electron chi connectivity index (χ1n) is 5.66. The molecule has 0 saturated carbocycles. The molecule has 2 heterocycles. The van der Waals surface area contributed by atoms with Gasteiger partial charge in [0.15, 0.2) is 0 Å². The molecule has 0 atom stereocenters. The van der Waals surface area contributed by atoms with Gasteiger partial charge in [-0.2, -0.15) is 27.0 Å². The van der Waals surface area contributed by atoms with Crippen LogP contribution in [0.4, 0.5) is 0 Å². The number of benzene rings is 2. The molecule has 4 aromatic rings. The van der Waals surface area contributed by atoms with Crippen LogP contribution in [0.2, 0.25) is 0 Å². The summed E-state index contributed by atoms with van der Waals surface area (Å²) in [5.41, 5.74) is 4.00. The van der Waals surface area contributed by atoms with Crippen molar-refractivity contribution in [2.75, 3.05) is 0 Å². The summed E-state index contributed by atoms with van der Waals surface area (Å²) in [5, 5.41) is 0. The molecule has 2 aromatic heterocycles. The van der Waals surface area contributed by atoms with Gasteiger partial charge in [-0.05, 0) is 24.3 Å². The first-order chi connectivity index (χ1) is 9.33. The second-order valence-electron chi connectivity index (χ2n) is 3.78. The van der Waals surface area contributed by atoms with Gasteiger partial charge in [-0.15, -0.1) is 35.3 Å². The third-order valence-electron chi connectivity index (χ3n) is 2.52. The molecule has 2 aromatic carbocycles. The zero-order chi connectivity index (χ0) is 13.1. The molecule has 0 amide bonds. The molecule has 0 unspecified atom stereocenters. The van der Waals surface area contributed by atoms with Gasteiger partial charge in [-0.3, -0.25) is 0 Å². The Hall–Kier alpha value is -0.730. The largest absolute Gasteiger partial charge is 0.245 e. The molecule has 0 radical (unpaired) electrons. The Morgan fingerprint density at radius 3 is 2.10 bits per heavy atom. The first kappa shape index (κ1) is 18.3. The molecule has 0 N–H and O–H groups in total. The fourth-order valence-corrected chi connectivity index (χ4v) is 3.45. The van der Waals surface area contributed by atoms with Crippen LogP contribution in [0.3, 0.4) is 0 Å². The minimum atomic E-state index is 0. The van der Waals surface area contributed by atoms with E-state index in [1.165, 1.54) is 9.40 Å². The minimum Gasteiger partial charge on any atom is -0.245 e. The molecule has 0 spiro atoms. The van der Waals surface area contributed by atoms with E-state index in [2.05, 4.69) is 28.7 Å². The van der Waals surface area contributed by atoms with Crippen LogP contribution < -0.4 is 0 Å². The standard InChI is InChI=1S/C7H5NS2.C7H5NS.2H2S/c9-7-8-5-3-1-2-4-6(5)10-7;1-2-4-7-6(3-1)8-5-9-7;;/h1-4H,(H,8,9);1-5H;2*1H2. The average Bonchev–Trinajstić information content (AvgIpc) is 3.03. The lowest BCUT2D eigenvalue weighted by molar-refractivity contribution is 1.31. The lowest BCUT2D eigenvalue weighted by atomic mass is 10.3. The number of thiol groups is 1. The third kappa shape index (κ3) is 4.62. The van der Waals surface area contributed by atoms with Gasteiger partial charge >= 0.3 is 0 Å². The molecule has 0 aliphatic rings. The van der Waals surface area contributed by atoms with Gasteiger partial charge in [0.2, 0.25) is 0 Å². The maximum Gasteiger partial charge on any atom is 0.148 e. The highest BCUT2D eigenvalue weighted by Crippen LogP contribution is 2.23. The van der Waals surface area contributed by atoms with Crippen molar-refractivity contribution in [3.8, 4) is 0 Å². The van der Waals surface area contributed by atoms with Crippen LogP contribution in [-0.2, 0) is 0 Å². The summed E-state index contributed by atoms with van der Waals surface area (Å²) in [5.74, 6) is 0. The molecule has 0 saturated heterocycles. The monoisotopic (exact) mass is 370 g/mol. The van der Waals surface area contributed by atoms with E-state index >= 15 is 0 Å². The lowest BCUT2D eigenvalue weighted by Gasteiger charge is -1.80. The molecule has 21 heavy (non-hydrogen) atoms. The summed E-state index contributed by atoms with van der Waals surface area (Å²) >= 11 is 7.43. The zero-order valence-corrected chi connectivity index (χ0v) is 15.4. The Balaban J connectivity index is 0.000000192. The van der Waals surface area contributed by atoms with Crippen LogP contribution in [0.5, 0.6) is 0 Å². The summed E-state index contributed by atoms with van der Waals surface area (Å²) in [6.45, 7) is 0. The van der Waals surface area contributed by atoms with Gasteiger partial charge in [-0.1, -0.05) is 24.3 Å². The van der Waals surface area contributed by atoms with Crippen LogP contribution >= 0.6 is 62.3 Å². The molecule has 7 heteroatoms. The normalized spacial score (nSPS) is 9.38. The van der Waals surface area contributed by atoms with Crippen LogP contribution in [0.25, 0.3) is 20.4 Å². The van der Waals surface area contributed by atoms with E-state index in [1.54, 1.807) is 22.7 Å². The van der Waals surface area contributed by atoms with Crippen molar-refractivity contribution in [2.45, 2.75) is 4.34 Å². The molecule has 0 fully saturated rings. The summed E-state index contributed by atoms with van der Waals surface area (Å²) < 4.78 is 3.30. The minimum absolute atomic E-state index is 0. The predicted molar refractivity (Wildman–Crippen MR) is 107 cm³/mol. The van der Waals surface area contributed by atoms with Crippen LogP contribution in [0.1, 0.15) is 0 Å². The number of hydrogen-bond donors (Lipinski definition) is 1. The number of hydrogen-bond acceptors (Lipinski definition) is 5. The van der Waals surface area contributed by atoms with Gasteiger partial charge in [0, 0.05) is 0 Å². The van der Waals surface area contributed by atoms with Crippen molar-refractivity contribution < 1.29 is 0 Å². The van der Waals surface area contributed by atoms with Crippen molar-refractivity contribution in [2.24, 2.45) is 0 Å². The Bertz CT molecular complexity index is 746. The Labute approximate surface area is 150 Å². The number of thiazole rings is 2. The highest BCUT2D eigenvalue weighted by Gasteiger charge is 1.96. The third-order valence-corrected chi connectivity index (χ3v) is 4.54. The van der Waals surface area contributed by atoms with E-state index in [9.17, 15) is 0 Å². The van der Waals surface area contributed by atoms with Crippen molar-refractivity contribution in [1.82, 2.24) is 9.97 Å². The Kier molecular flexibility index (Phi) is 7.55. The van der Waals surface area contributed by atoms with E-state index in [4.69, 9.17) is 0 Å². The second-order valence-corrected chi connectivity index (χ2v) is 6.43. The van der Waals surface area contributed by atoms with Gasteiger partial charge in [-0.25, -0.2) is 9.97 Å². The van der Waals surface area contributed by atoms with Crippen LogP contribution in [0, 0.1) is 0 Å². The van der Waals surface area contributed by atoms with Gasteiger partial charge in [0.05, 0.1) is 25.9 Å². The van der Waals surface area contributed by atoms with E-state index < -0.39 is 0 Å². The molecular formula is C14H14N2S5. The molecule has 4 rings (SSSR count). The SMILES string of the molecule is S.S.Sc1nc2ccccc2s1.c1ccc2scnc2c1. The van der Waals surface area contributed by atoms with Crippen molar-refractivity contribution in [3.63, 3.8) is 0 Å². The van der Waals surface area contributed by atoms with E-state index in [0.717, 1.165) is 15.4 Å². The lowest BCUT2D eigenvalue weighted by Crippen LogP contribution is -1.63. The van der Waals surface area contributed by atoms with Crippen LogP contribution in [-0.4, -0.2) is 9.97 Å². The molecule has 2 nitrogen and oxygen atoms in total. The zero-order valence-electron chi connectivity index (χ0n) is 10.9. The molecule has 0 aliphatic heterocycles. The number of rotatable bonds is 0. The topological polar surface area (TPSA) is 25.8 Å². The smallest absolute Gasteiger partial charge is 0.148 e. The summed E-state index contributed by atoms with van der Waals surface area (Å²) in [7, 11) is 0. The van der Waals surface area contributed by atoms with Crippen molar-refractivity contribution >= 4 is 82.7 Å². The quantitative estimate of drug-likeness (QED) is 0.435. The van der Waals surface area contributed by atoms with Gasteiger partial charge in [0.25, 0.3) is 0 Å². The second kappa shape index (κ2) is 8.65. The Morgan fingerprint density at radius 1 is 0.810 bits per heavy atom. The number of aromatic nitrogens is 2. The number of fused-ring (bicyclic) bond motifs is 2. The Morgan fingerprint density at radius 2 is 1.43 bits per heavy atom. The highest BCUT2D eigenvalue weighted by atomic mass is 32.2. The molecule has 110 valence electrons. The summed E-state index contributed by atoms with van der Waals surface area (Å²) in [6, 6.07) is 16.2. The van der Waals surface area contributed by atoms with Crippen molar-refractivity contribution in [3.05, 3.63) is 54.0 Å². The average molecular weight is 371 g/mol. The molecule has 0 bridgehead atoms. The number of para-hydroxylation sites is 2.